The van der Waals surface area contributed by atoms with Crippen molar-refractivity contribution in [2.75, 3.05) is 5.32 Å². The van der Waals surface area contributed by atoms with E-state index in [1.54, 1.807) is 6.07 Å². The lowest BCUT2D eigenvalue weighted by molar-refractivity contribution is -0.385. The van der Waals surface area contributed by atoms with Gasteiger partial charge in [-0.05, 0) is 48.6 Å². The molecule has 0 aliphatic heterocycles. The molecule has 1 saturated carbocycles. The molecular formula is C21H23ClN2O4. The van der Waals surface area contributed by atoms with Gasteiger partial charge in [0.25, 0.3) is 11.6 Å². The van der Waals surface area contributed by atoms with Gasteiger partial charge in [-0.1, -0.05) is 43.5 Å². The maximum absolute atomic E-state index is 12.5. The normalized spacial score (nSPS) is 19.2. The molecule has 6 nitrogen and oxygen atoms in total. The molecule has 28 heavy (non-hydrogen) atoms. The molecule has 3 rings (SSSR count). The van der Waals surface area contributed by atoms with Crippen LogP contribution >= 0.6 is 11.6 Å². The molecule has 0 heterocycles. The number of rotatable bonds is 6. The predicted octanol–water partition coefficient (Wildman–Crippen LogP) is 5.60. The largest absolute Gasteiger partial charge is 0.374 e. The zero-order valence-corrected chi connectivity index (χ0v) is 16.4. The van der Waals surface area contributed by atoms with Gasteiger partial charge in [0.15, 0.2) is 0 Å². The van der Waals surface area contributed by atoms with E-state index in [1.165, 1.54) is 31.0 Å². The van der Waals surface area contributed by atoms with E-state index in [9.17, 15) is 14.9 Å². The highest BCUT2D eigenvalue weighted by molar-refractivity contribution is 6.31. The second-order valence-corrected chi connectivity index (χ2v) is 7.71. The third-order valence-corrected chi connectivity index (χ3v) is 5.20. The fraction of sp³-hybridized carbons (Fsp3) is 0.381. The van der Waals surface area contributed by atoms with Gasteiger partial charge in [-0.15, -0.1) is 0 Å². The number of halogens is 1. The highest BCUT2D eigenvalue weighted by atomic mass is 35.5. The van der Waals surface area contributed by atoms with E-state index >= 15 is 0 Å². The molecule has 0 spiro atoms. The van der Waals surface area contributed by atoms with Crippen molar-refractivity contribution in [3.63, 3.8) is 0 Å². The van der Waals surface area contributed by atoms with E-state index in [0.29, 0.717) is 18.2 Å². The van der Waals surface area contributed by atoms with Gasteiger partial charge in [-0.2, -0.15) is 0 Å². The van der Waals surface area contributed by atoms with Crippen LogP contribution in [0.15, 0.2) is 42.5 Å². The zero-order chi connectivity index (χ0) is 20.1. The summed E-state index contributed by atoms with van der Waals surface area (Å²) in [4.78, 5) is 23.1. The molecule has 2 aromatic carbocycles. The topological polar surface area (TPSA) is 81.5 Å². The summed E-state index contributed by atoms with van der Waals surface area (Å²) < 4.78 is 6.03. The maximum Gasteiger partial charge on any atom is 0.283 e. The Kier molecular flexibility index (Phi) is 6.65. The van der Waals surface area contributed by atoms with Gasteiger partial charge in [0.1, 0.15) is 5.56 Å². The van der Waals surface area contributed by atoms with Crippen LogP contribution in [-0.2, 0) is 11.3 Å². The minimum atomic E-state index is -0.615. The van der Waals surface area contributed by atoms with Gasteiger partial charge < -0.3 is 10.1 Å². The highest BCUT2D eigenvalue weighted by Gasteiger charge is 2.21. The maximum atomic E-state index is 12.5. The van der Waals surface area contributed by atoms with Crippen molar-refractivity contribution < 1.29 is 14.5 Å². The fourth-order valence-corrected chi connectivity index (χ4v) is 3.70. The third-order valence-electron chi connectivity index (χ3n) is 4.96. The molecule has 2 unspecified atom stereocenters. The van der Waals surface area contributed by atoms with Gasteiger partial charge in [0, 0.05) is 16.8 Å². The van der Waals surface area contributed by atoms with Crippen molar-refractivity contribution in [3.05, 3.63) is 68.7 Å². The van der Waals surface area contributed by atoms with Gasteiger partial charge >= 0.3 is 0 Å². The van der Waals surface area contributed by atoms with E-state index in [4.69, 9.17) is 16.3 Å². The van der Waals surface area contributed by atoms with Crippen molar-refractivity contribution in [1.29, 1.82) is 0 Å². The lowest BCUT2D eigenvalue weighted by atomic mass is 9.89. The molecule has 0 bridgehead atoms. The van der Waals surface area contributed by atoms with Gasteiger partial charge in [0.2, 0.25) is 0 Å². The number of nitro benzene ring substituents is 1. The van der Waals surface area contributed by atoms with E-state index in [-0.39, 0.29) is 22.4 Å². The number of carbonyl (C=O) groups excluding carboxylic acids is 1. The molecule has 7 heteroatoms. The van der Waals surface area contributed by atoms with Gasteiger partial charge in [0.05, 0.1) is 17.6 Å². The van der Waals surface area contributed by atoms with Gasteiger partial charge in [-0.25, -0.2) is 0 Å². The molecule has 0 saturated heterocycles. The first-order chi connectivity index (χ1) is 13.4. The number of hydrogen-bond donors (Lipinski definition) is 1. The Labute approximate surface area is 169 Å². The Balaban J connectivity index is 1.66. The van der Waals surface area contributed by atoms with Crippen LogP contribution in [0.4, 0.5) is 11.4 Å². The van der Waals surface area contributed by atoms with E-state index < -0.39 is 10.8 Å². The summed E-state index contributed by atoms with van der Waals surface area (Å²) >= 11 is 5.80. The summed E-state index contributed by atoms with van der Waals surface area (Å²) in [5.74, 6) is 0.141. The molecule has 1 aliphatic rings. The Hall–Kier alpha value is -2.44. The van der Waals surface area contributed by atoms with Crippen molar-refractivity contribution >= 4 is 28.9 Å². The van der Waals surface area contributed by atoms with Crippen LogP contribution < -0.4 is 5.32 Å². The molecule has 1 N–H and O–H groups in total. The number of nitro groups is 1. The van der Waals surface area contributed by atoms with Crippen LogP contribution in [0.5, 0.6) is 0 Å². The molecule has 148 valence electrons. The van der Waals surface area contributed by atoms with Crippen molar-refractivity contribution in [2.24, 2.45) is 5.92 Å². The minimum absolute atomic E-state index is 0.0350. The number of hydrogen-bond acceptors (Lipinski definition) is 4. The predicted molar refractivity (Wildman–Crippen MR) is 109 cm³/mol. The first-order valence-corrected chi connectivity index (χ1v) is 9.76. The summed E-state index contributed by atoms with van der Waals surface area (Å²) in [7, 11) is 0. The second-order valence-electron chi connectivity index (χ2n) is 7.28. The second kappa shape index (κ2) is 9.17. The number of amides is 1. The molecular weight excluding hydrogens is 380 g/mol. The van der Waals surface area contributed by atoms with Crippen LogP contribution in [-0.4, -0.2) is 16.9 Å². The highest BCUT2D eigenvalue weighted by Crippen LogP contribution is 2.27. The number of anilines is 1. The SMILES string of the molecule is CC1CCCC(OCc2cccc(NC(=O)c3ccc(Cl)cc3[N+](=O)[O-])c2)C1. The average Bonchev–Trinajstić information content (AvgIpc) is 2.66. The molecule has 0 radical (unpaired) electrons. The number of carbonyl (C=O) groups is 1. The smallest absolute Gasteiger partial charge is 0.283 e. The summed E-state index contributed by atoms with van der Waals surface area (Å²) in [5.41, 5.74) is 1.15. The third kappa shape index (κ3) is 5.30. The lowest BCUT2D eigenvalue weighted by Crippen LogP contribution is -2.21. The summed E-state index contributed by atoms with van der Waals surface area (Å²) in [6.07, 6.45) is 4.90. The van der Waals surface area contributed by atoms with Crippen molar-refractivity contribution in [3.8, 4) is 0 Å². The van der Waals surface area contributed by atoms with Crippen LogP contribution in [0.3, 0.4) is 0 Å². The number of benzene rings is 2. The number of nitrogens with zero attached hydrogens (tertiary/aromatic N) is 1. The Morgan fingerprint density at radius 3 is 2.86 bits per heavy atom. The van der Waals surface area contributed by atoms with Crippen molar-refractivity contribution in [2.45, 2.75) is 45.3 Å². The molecule has 1 amide bonds. The molecule has 2 atom stereocenters. The number of ether oxygens (including phenoxy) is 1. The summed E-state index contributed by atoms with van der Waals surface area (Å²) in [5, 5.41) is 14.1. The molecule has 2 aromatic rings. The molecule has 1 fully saturated rings. The Bertz CT molecular complexity index is 871. The number of nitrogens with one attached hydrogen (secondary N) is 1. The molecule has 1 aliphatic carbocycles. The standard InChI is InChI=1S/C21H23ClN2O4/c1-14-4-2-7-18(10-14)28-13-15-5-3-6-17(11-15)23-21(25)19-9-8-16(22)12-20(19)24(26)27/h3,5-6,8-9,11-12,14,18H,2,4,7,10,13H2,1H3,(H,23,25). The quantitative estimate of drug-likeness (QED) is 0.504. The monoisotopic (exact) mass is 402 g/mol. The van der Waals surface area contributed by atoms with Crippen LogP contribution in [0.25, 0.3) is 0 Å². The zero-order valence-electron chi connectivity index (χ0n) is 15.7. The van der Waals surface area contributed by atoms with E-state index in [1.807, 2.05) is 18.2 Å². The fourth-order valence-electron chi connectivity index (χ4n) is 3.53. The lowest BCUT2D eigenvalue weighted by Gasteiger charge is -2.26. The van der Waals surface area contributed by atoms with Crippen LogP contribution in [0, 0.1) is 16.0 Å². The van der Waals surface area contributed by atoms with Crippen molar-refractivity contribution in [1.82, 2.24) is 0 Å². The van der Waals surface area contributed by atoms with E-state index in [0.717, 1.165) is 18.4 Å². The summed E-state index contributed by atoms with van der Waals surface area (Å²) in [6.45, 7) is 2.73. The summed E-state index contributed by atoms with van der Waals surface area (Å²) in [6, 6.07) is 11.3. The van der Waals surface area contributed by atoms with E-state index in [2.05, 4.69) is 12.2 Å². The van der Waals surface area contributed by atoms with Crippen LogP contribution in [0.2, 0.25) is 5.02 Å². The average molecular weight is 403 g/mol. The first kappa shape index (κ1) is 20.3. The Morgan fingerprint density at radius 1 is 1.29 bits per heavy atom. The minimum Gasteiger partial charge on any atom is -0.374 e. The first-order valence-electron chi connectivity index (χ1n) is 9.38. The van der Waals surface area contributed by atoms with Gasteiger partial charge in [-0.3, -0.25) is 14.9 Å². The van der Waals surface area contributed by atoms with Crippen LogP contribution in [0.1, 0.15) is 48.5 Å². The Morgan fingerprint density at radius 2 is 2.11 bits per heavy atom. The molecule has 0 aromatic heterocycles.